The van der Waals surface area contributed by atoms with Gasteiger partial charge in [0.05, 0.1) is 30.5 Å². The lowest BCUT2D eigenvalue weighted by atomic mass is 9.98. The third-order valence-electron chi connectivity index (χ3n) is 5.49. The monoisotopic (exact) mass is 459 g/mol. The number of nitrogens with one attached hydrogen (secondary N) is 2. The molecule has 1 amide bonds. The van der Waals surface area contributed by atoms with Crippen LogP contribution in [0, 0.1) is 5.82 Å². The van der Waals surface area contributed by atoms with Crippen molar-refractivity contribution in [3.05, 3.63) is 94.8 Å². The second-order valence-electron chi connectivity index (χ2n) is 8.41. The number of methoxy groups -OCH3 is 1. The van der Waals surface area contributed by atoms with Gasteiger partial charge in [0.2, 0.25) is 0 Å². The molecular formula is C27H26FN3O3. The quantitative estimate of drug-likeness (QED) is 0.401. The second kappa shape index (κ2) is 9.89. The number of nitrogens with zero attached hydrogens (tertiary/aromatic N) is 1. The zero-order chi connectivity index (χ0) is 24.2. The molecular weight excluding hydrogens is 433 g/mol. The van der Waals surface area contributed by atoms with Crippen LogP contribution < -0.4 is 10.6 Å². The minimum absolute atomic E-state index is 0.111. The van der Waals surface area contributed by atoms with E-state index >= 15 is 0 Å². The van der Waals surface area contributed by atoms with Gasteiger partial charge in [-0.05, 0) is 67.2 Å². The molecule has 7 heteroatoms. The predicted molar refractivity (Wildman–Crippen MR) is 131 cm³/mol. The topological polar surface area (TPSA) is 70.7 Å². The Morgan fingerprint density at radius 2 is 1.79 bits per heavy atom. The number of halogens is 1. The molecule has 2 N–H and O–H groups in total. The highest BCUT2D eigenvalue weighted by molar-refractivity contribution is 6.37. The largest absolute Gasteiger partial charge is 0.469 e. The lowest BCUT2D eigenvalue weighted by Crippen LogP contribution is -2.12. The highest BCUT2D eigenvalue weighted by Gasteiger charge is 2.29. The fraction of sp³-hybridized carbons (Fsp3) is 0.185. The lowest BCUT2D eigenvalue weighted by Gasteiger charge is -2.16. The summed E-state index contributed by atoms with van der Waals surface area (Å²) in [6.45, 7) is 0.811. The molecule has 0 aliphatic carbocycles. The van der Waals surface area contributed by atoms with E-state index in [-0.39, 0.29) is 18.3 Å². The summed E-state index contributed by atoms with van der Waals surface area (Å²) < 4.78 is 18.6. The van der Waals surface area contributed by atoms with Gasteiger partial charge in [0.15, 0.2) is 0 Å². The fourth-order valence-electron chi connectivity index (χ4n) is 3.95. The Kier molecular flexibility index (Phi) is 6.75. The average molecular weight is 460 g/mol. The van der Waals surface area contributed by atoms with E-state index in [9.17, 15) is 14.0 Å². The first-order chi connectivity index (χ1) is 16.3. The van der Waals surface area contributed by atoms with Gasteiger partial charge in [-0.1, -0.05) is 30.3 Å². The first kappa shape index (κ1) is 23.2. The molecule has 3 aromatic rings. The highest BCUT2D eigenvalue weighted by Crippen LogP contribution is 2.38. The molecule has 0 spiro atoms. The summed E-state index contributed by atoms with van der Waals surface area (Å²) in [6.07, 6.45) is 0.111. The molecule has 0 fully saturated rings. The lowest BCUT2D eigenvalue weighted by molar-refractivity contribution is -0.139. The first-order valence-corrected chi connectivity index (χ1v) is 10.9. The van der Waals surface area contributed by atoms with Gasteiger partial charge in [-0.3, -0.25) is 9.59 Å². The van der Waals surface area contributed by atoms with Crippen LogP contribution >= 0.6 is 0 Å². The van der Waals surface area contributed by atoms with E-state index in [1.807, 2.05) is 62.6 Å². The summed E-state index contributed by atoms with van der Waals surface area (Å²) in [5.74, 6) is -1.10. The van der Waals surface area contributed by atoms with Gasteiger partial charge in [-0.2, -0.15) is 0 Å². The van der Waals surface area contributed by atoms with Crippen LogP contribution in [0.5, 0.6) is 0 Å². The average Bonchev–Trinajstić information content (AvgIpc) is 3.12. The van der Waals surface area contributed by atoms with Gasteiger partial charge >= 0.3 is 5.97 Å². The molecule has 6 nitrogen and oxygen atoms in total. The van der Waals surface area contributed by atoms with Crippen LogP contribution in [-0.4, -0.2) is 38.0 Å². The number of anilines is 2. The molecule has 0 atom stereocenters. The van der Waals surface area contributed by atoms with Crippen LogP contribution in [0.3, 0.4) is 0 Å². The number of carbonyl (C=O) groups excluding carboxylic acids is 2. The molecule has 0 radical (unpaired) electrons. The van der Waals surface area contributed by atoms with Crippen LogP contribution in [0.2, 0.25) is 0 Å². The maximum absolute atomic E-state index is 13.8. The molecule has 174 valence electrons. The van der Waals surface area contributed by atoms with Crippen LogP contribution in [-0.2, 0) is 27.3 Å². The van der Waals surface area contributed by atoms with E-state index in [2.05, 4.69) is 15.5 Å². The van der Waals surface area contributed by atoms with Crippen molar-refractivity contribution in [1.82, 2.24) is 4.90 Å². The highest BCUT2D eigenvalue weighted by atomic mass is 19.1. The minimum Gasteiger partial charge on any atom is -0.469 e. The van der Waals surface area contributed by atoms with Crippen molar-refractivity contribution in [2.45, 2.75) is 13.0 Å². The van der Waals surface area contributed by atoms with Gasteiger partial charge in [0.25, 0.3) is 5.91 Å². The Morgan fingerprint density at radius 3 is 2.50 bits per heavy atom. The summed E-state index contributed by atoms with van der Waals surface area (Å²) in [5, 5.41) is 6.15. The Balaban J connectivity index is 1.80. The number of ether oxygens (including phenoxy) is 1. The standard InChI is InChI=1S/C27H26FN3O3/c1-31(2)16-17-7-10-21(11-8-17)29-26(19-6-4-5-18(13-19)14-24(32)34-3)25-22-12-9-20(28)15-23(22)30-27(25)33/h4-13,15,29H,14,16H2,1-3H3,(H,30,33). The molecule has 1 heterocycles. The Bertz CT molecular complexity index is 1270. The maximum atomic E-state index is 13.8. The Morgan fingerprint density at radius 1 is 1.03 bits per heavy atom. The minimum atomic E-state index is -0.425. The van der Waals surface area contributed by atoms with Crippen molar-refractivity contribution in [3.63, 3.8) is 0 Å². The SMILES string of the molecule is COC(=O)Cc1cccc(C(Nc2ccc(CN(C)C)cc2)=C2C(=O)Nc3cc(F)ccc32)c1. The normalized spacial score (nSPS) is 14.0. The molecule has 0 bridgehead atoms. The molecule has 1 aliphatic heterocycles. The van der Waals surface area contributed by atoms with Crippen molar-refractivity contribution in [3.8, 4) is 0 Å². The molecule has 0 unspecified atom stereocenters. The van der Waals surface area contributed by atoms with E-state index in [1.165, 1.54) is 19.2 Å². The number of benzene rings is 3. The second-order valence-corrected chi connectivity index (χ2v) is 8.41. The van der Waals surface area contributed by atoms with Crippen LogP contribution in [0.25, 0.3) is 11.3 Å². The van der Waals surface area contributed by atoms with Gasteiger partial charge in [0.1, 0.15) is 5.82 Å². The van der Waals surface area contributed by atoms with E-state index in [4.69, 9.17) is 4.74 Å². The summed E-state index contributed by atoms with van der Waals surface area (Å²) in [7, 11) is 5.37. The van der Waals surface area contributed by atoms with Gasteiger partial charge in [-0.15, -0.1) is 0 Å². The number of fused-ring (bicyclic) bond motifs is 1. The van der Waals surface area contributed by atoms with Crippen LogP contribution in [0.4, 0.5) is 15.8 Å². The first-order valence-electron chi connectivity index (χ1n) is 10.9. The maximum Gasteiger partial charge on any atom is 0.309 e. The Hall–Kier alpha value is -3.97. The fourth-order valence-corrected chi connectivity index (χ4v) is 3.95. The Labute approximate surface area is 198 Å². The molecule has 0 aromatic heterocycles. The van der Waals surface area contributed by atoms with Crippen molar-refractivity contribution in [2.24, 2.45) is 0 Å². The van der Waals surface area contributed by atoms with Crippen molar-refractivity contribution >= 4 is 34.5 Å². The predicted octanol–water partition coefficient (Wildman–Crippen LogP) is 4.54. The summed E-state index contributed by atoms with van der Waals surface area (Å²) in [6, 6.07) is 19.6. The van der Waals surface area contributed by atoms with E-state index in [1.54, 1.807) is 6.07 Å². The smallest absolute Gasteiger partial charge is 0.309 e. The molecule has 0 saturated heterocycles. The van der Waals surface area contributed by atoms with Gasteiger partial charge in [-0.25, -0.2) is 4.39 Å². The van der Waals surface area contributed by atoms with Crippen LogP contribution in [0.1, 0.15) is 22.3 Å². The van der Waals surface area contributed by atoms with E-state index in [0.717, 1.165) is 28.9 Å². The van der Waals surface area contributed by atoms with E-state index in [0.29, 0.717) is 22.5 Å². The molecule has 4 rings (SSSR count). The van der Waals surface area contributed by atoms with Crippen LogP contribution in [0.15, 0.2) is 66.7 Å². The molecule has 34 heavy (non-hydrogen) atoms. The zero-order valence-electron chi connectivity index (χ0n) is 19.3. The van der Waals surface area contributed by atoms with Gasteiger partial charge < -0.3 is 20.3 Å². The van der Waals surface area contributed by atoms with Gasteiger partial charge in [0, 0.05) is 17.8 Å². The molecule has 1 aliphatic rings. The summed E-state index contributed by atoms with van der Waals surface area (Å²) in [4.78, 5) is 26.9. The van der Waals surface area contributed by atoms with Crippen molar-refractivity contribution in [2.75, 3.05) is 31.8 Å². The summed E-state index contributed by atoms with van der Waals surface area (Å²) >= 11 is 0. The zero-order valence-corrected chi connectivity index (χ0v) is 19.3. The van der Waals surface area contributed by atoms with Crippen molar-refractivity contribution < 1.29 is 18.7 Å². The number of hydrogen-bond donors (Lipinski definition) is 2. The number of rotatable bonds is 7. The number of amides is 1. The molecule has 3 aromatic carbocycles. The number of esters is 1. The third-order valence-corrected chi connectivity index (χ3v) is 5.49. The third kappa shape index (κ3) is 5.15. The van der Waals surface area contributed by atoms with Crippen molar-refractivity contribution in [1.29, 1.82) is 0 Å². The van der Waals surface area contributed by atoms with E-state index < -0.39 is 5.82 Å². The number of carbonyl (C=O) groups is 2. The number of hydrogen-bond acceptors (Lipinski definition) is 5. The molecule has 0 saturated carbocycles. The summed E-state index contributed by atoms with van der Waals surface area (Å²) in [5.41, 5.74) is 5.43.